The van der Waals surface area contributed by atoms with Crippen molar-refractivity contribution in [2.75, 3.05) is 0 Å². The molecule has 0 spiro atoms. The minimum absolute atomic E-state index is 0.0243. The first-order chi connectivity index (χ1) is 8.08. The molecule has 1 rings (SSSR count). The van der Waals surface area contributed by atoms with Gasteiger partial charge >= 0.3 is 0 Å². The molecule has 0 aromatic heterocycles. The van der Waals surface area contributed by atoms with Crippen LogP contribution in [0.25, 0.3) is 0 Å². The fraction of sp³-hybridized carbons (Fsp3) is 0.417. The molecule has 1 aromatic carbocycles. The van der Waals surface area contributed by atoms with E-state index in [4.69, 9.17) is 10.00 Å². The van der Waals surface area contributed by atoms with Gasteiger partial charge in [0.2, 0.25) is 0 Å². The third kappa shape index (κ3) is 3.45. The highest BCUT2D eigenvalue weighted by molar-refractivity contribution is 5.52. The summed E-state index contributed by atoms with van der Waals surface area (Å²) in [7, 11) is 0. The molecule has 5 nitrogen and oxygen atoms in total. The lowest BCUT2D eigenvalue weighted by Crippen LogP contribution is -2.11. The summed E-state index contributed by atoms with van der Waals surface area (Å²) >= 11 is 0. The number of nitriles is 1. The van der Waals surface area contributed by atoms with E-state index in [1.807, 2.05) is 6.92 Å². The maximum Gasteiger partial charge on any atom is 0.287 e. The van der Waals surface area contributed by atoms with Gasteiger partial charge in [-0.25, -0.2) is 0 Å². The molecule has 90 valence electrons. The van der Waals surface area contributed by atoms with Crippen molar-refractivity contribution < 1.29 is 9.66 Å². The van der Waals surface area contributed by atoms with E-state index in [9.17, 15) is 10.1 Å². The van der Waals surface area contributed by atoms with Crippen molar-refractivity contribution in [1.29, 1.82) is 5.26 Å². The number of nitrogens with zero attached hydrogens (tertiary/aromatic N) is 2. The maximum absolute atomic E-state index is 10.6. The molecule has 17 heavy (non-hydrogen) atoms. The van der Waals surface area contributed by atoms with Crippen LogP contribution in [0, 0.1) is 21.4 Å². The summed E-state index contributed by atoms with van der Waals surface area (Å²) in [6.07, 6.45) is 1.94. The van der Waals surface area contributed by atoms with E-state index in [2.05, 4.69) is 6.92 Å². The summed E-state index contributed by atoms with van der Waals surface area (Å²) in [5, 5.41) is 19.4. The number of nitro benzene ring substituents is 1. The molecule has 5 heteroatoms. The first-order valence-electron chi connectivity index (χ1n) is 5.43. The van der Waals surface area contributed by atoms with E-state index >= 15 is 0 Å². The third-order valence-corrected chi connectivity index (χ3v) is 2.32. The van der Waals surface area contributed by atoms with Crippen molar-refractivity contribution in [1.82, 2.24) is 0 Å². The van der Waals surface area contributed by atoms with Crippen molar-refractivity contribution in [2.24, 2.45) is 0 Å². The Morgan fingerprint density at radius 2 is 2.29 bits per heavy atom. The van der Waals surface area contributed by atoms with E-state index < -0.39 is 4.92 Å². The summed E-state index contributed by atoms with van der Waals surface area (Å²) in [4.78, 5) is 10.1. The zero-order chi connectivity index (χ0) is 12.8. The molecule has 1 atom stereocenters. The average molecular weight is 234 g/mol. The molecule has 0 radical (unpaired) electrons. The van der Waals surface area contributed by atoms with Crippen LogP contribution in [-0.4, -0.2) is 11.0 Å². The topological polar surface area (TPSA) is 76.2 Å². The first-order valence-corrected chi connectivity index (χ1v) is 5.43. The lowest BCUT2D eigenvalue weighted by Gasteiger charge is -2.13. The zero-order valence-corrected chi connectivity index (χ0v) is 9.84. The number of benzene rings is 1. The second kappa shape index (κ2) is 5.85. The smallest absolute Gasteiger partial charge is 0.287 e. The fourth-order valence-corrected chi connectivity index (χ4v) is 1.53. The van der Waals surface area contributed by atoms with Crippen LogP contribution in [0.5, 0.6) is 5.75 Å². The van der Waals surface area contributed by atoms with Gasteiger partial charge in [0, 0.05) is 12.1 Å². The average Bonchev–Trinajstić information content (AvgIpc) is 2.28. The highest BCUT2D eigenvalue weighted by Gasteiger charge is 2.14. The standard InChI is InChI=1S/C12H14N2O3/c1-3-4-9(2)17-11-5-6-12(14(15)16)10(7-11)8-13/h5-7,9H,3-4H2,1-2H3. The van der Waals surface area contributed by atoms with Crippen LogP contribution in [-0.2, 0) is 0 Å². The molecule has 0 saturated carbocycles. The molecule has 0 heterocycles. The molecule has 0 N–H and O–H groups in total. The second-order valence-corrected chi connectivity index (χ2v) is 3.77. The van der Waals surface area contributed by atoms with Crippen molar-refractivity contribution in [3.8, 4) is 11.8 Å². The van der Waals surface area contributed by atoms with Crippen LogP contribution in [0.15, 0.2) is 18.2 Å². The quantitative estimate of drug-likeness (QED) is 0.579. The summed E-state index contributed by atoms with van der Waals surface area (Å²) < 4.78 is 5.56. The van der Waals surface area contributed by atoms with Crippen molar-refractivity contribution in [2.45, 2.75) is 32.8 Å². The summed E-state index contributed by atoms with van der Waals surface area (Å²) in [6, 6.07) is 6.03. The van der Waals surface area contributed by atoms with Gasteiger partial charge in [-0.1, -0.05) is 13.3 Å². The number of ether oxygens (including phenoxy) is 1. The highest BCUT2D eigenvalue weighted by Crippen LogP contribution is 2.24. The van der Waals surface area contributed by atoms with Gasteiger partial charge in [0.15, 0.2) is 0 Å². The van der Waals surface area contributed by atoms with Crippen LogP contribution in [0.3, 0.4) is 0 Å². The molecule has 1 unspecified atom stereocenters. The van der Waals surface area contributed by atoms with Gasteiger partial charge in [0.05, 0.1) is 11.0 Å². The van der Waals surface area contributed by atoms with Crippen molar-refractivity contribution in [3.05, 3.63) is 33.9 Å². The van der Waals surface area contributed by atoms with E-state index in [0.717, 1.165) is 12.8 Å². The normalized spacial score (nSPS) is 11.6. The van der Waals surface area contributed by atoms with Gasteiger partial charge in [0.25, 0.3) is 5.69 Å². The third-order valence-electron chi connectivity index (χ3n) is 2.32. The molecule has 1 aromatic rings. The minimum atomic E-state index is -0.572. The van der Waals surface area contributed by atoms with Crippen molar-refractivity contribution in [3.63, 3.8) is 0 Å². The molecule has 0 aliphatic carbocycles. The molecular formula is C12H14N2O3. The van der Waals surface area contributed by atoms with E-state index in [0.29, 0.717) is 5.75 Å². The monoisotopic (exact) mass is 234 g/mol. The number of nitro groups is 1. The van der Waals surface area contributed by atoms with Gasteiger partial charge < -0.3 is 4.74 Å². The lowest BCUT2D eigenvalue weighted by atomic mass is 10.2. The Labute approximate surface area is 99.8 Å². The van der Waals surface area contributed by atoms with Crippen molar-refractivity contribution >= 4 is 5.69 Å². The Hall–Kier alpha value is -2.09. The molecule has 0 amide bonds. The van der Waals surface area contributed by atoms with Gasteiger partial charge in [-0.2, -0.15) is 5.26 Å². The Morgan fingerprint density at radius 3 is 2.82 bits per heavy atom. The summed E-state index contributed by atoms with van der Waals surface area (Å²) in [6.45, 7) is 3.98. The molecule has 0 aliphatic heterocycles. The summed E-state index contributed by atoms with van der Waals surface area (Å²) in [5.41, 5.74) is -0.167. The Bertz CT molecular complexity index is 452. The number of hydrogen-bond donors (Lipinski definition) is 0. The highest BCUT2D eigenvalue weighted by atomic mass is 16.6. The second-order valence-electron chi connectivity index (χ2n) is 3.77. The maximum atomic E-state index is 10.6. The molecule has 0 bridgehead atoms. The van der Waals surface area contributed by atoms with E-state index in [-0.39, 0.29) is 17.4 Å². The Kier molecular flexibility index (Phi) is 4.46. The largest absolute Gasteiger partial charge is 0.491 e. The van der Waals surface area contributed by atoms with Crippen LogP contribution in [0.2, 0.25) is 0 Å². The van der Waals surface area contributed by atoms with Crippen LogP contribution >= 0.6 is 0 Å². The number of rotatable bonds is 5. The molecule has 0 aliphatic rings. The Balaban J connectivity index is 2.91. The minimum Gasteiger partial charge on any atom is -0.491 e. The van der Waals surface area contributed by atoms with Crippen LogP contribution in [0.4, 0.5) is 5.69 Å². The first kappa shape index (κ1) is 13.0. The van der Waals surface area contributed by atoms with Gasteiger partial charge in [-0.15, -0.1) is 0 Å². The predicted octanol–water partition coefficient (Wildman–Crippen LogP) is 3.03. The van der Waals surface area contributed by atoms with E-state index in [1.54, 1.807) is 6.07 Å². The molecule has 0 fully saturated rings. The fourth-order valence-electron chi connectivity index (χ4n) is 1.53. The lowest BCUT2D eigenvalue weighted by molar-refractivity contribution is -0.385. The van der Waals surface area contributed by atoms with Crippen LogP contribution in [0.1, 0.15) is 32.3 Å². The van der Waals surface area contributed by atoms with Gasteiger partial charge in [0.1, 0.15) is 17.4 Å². The SMILES string of the molecule is CCCC(C)Oc1ccc([N+](=O)[O-])c(C#N)c1. The van der Waals surface area contributed by atoms with Gasteiger partial charge in [-0.3, -0.25) is 10.1 Å². The molecule has 0 saturated heterocycles. The molecular weight excluding hydrogens is 220 g/mol. The summed E-state index contributed by atoms with van der Waals surface area (Å²) in [5.74, 6) is 0.494. The van der Waals surface area contributed by atoms with E-state index in [1.165, 1.54) is 18.2 Å². The predicted molar refractivity (Wildman–Crippen MR) is 62.8 cm³/mol. The van der Waals surface area contributed by atoms with Gasteiger partial charge in [-0.05, 0) is 19.4 Å². The zero-order valence-electron chi connectivity index (χ0n) is 9.84. The Morgan fingerprint density at radius 1 is 1.59 bits per heavy atom. The van der Waals surface area contributed by atoms with Crippen LogP contribution < -0.4 is 4.74 Å². The number of hydrogen-bond acceptors (Lipinski definition) is 4.